The minimum Gasteiger partial charge on any atom is -0.299 e. The number of unbranched alkanes of at least 4 members (excludes halogenated alkanes) is 1. The van der Waals surface area contributed by atoms with Crippen LogP contribution in [0.3, 0.4) is 0 Å². The highest BCUT2D eigenvalue weighted by atomic mass is 35.5. The number of nitrogens with one attached hydrogen (secondary N) is 1. The molecule has 0 atom stereocenters. The zero-order valence-corrected chi connectivity index (χ0v) is 16.8. The van der Waals surface area contributed by atoms with Crippen molar-refractivity contribution in [2.45, 2.75) is 39.2 Å². The van der Waals surface area contributed by atoms with E-state index in [-0.39, 0.29) is 0 Å². The maximum atomic E-state index is 12.2. The molecule has 0 unspecified atom stereocenters. The van der Waals surface area contributed by atoms with Gasteiger partial charge in [0, 0.05) is 31.7 Å². The topological polar surface area (TPSA) is 52.7 Å². The van der Waals surface area contributed by atoms with Crippen molar-refractivity contribution in [3.05, 3.63) is 34.9 Å². The fourth-order valence-corrected chi connectivity index (χ4v) is 4.28. The van der Waals surface area contributed by atoms with Gasteiger partial charge >= 0.3 is 0 Å². The molecule has 2 rings (SSSR count). The summed E-state index contributed by atoms with van der Waals surface area (Å²) in [5.41, 5.74) is 1.15. The summed E-state index contributed by atoms with van der Waals surface area (Å²) in [6.07, 6.45) is 3.89. The predicted molar refractivity (Wildman–Crippen MR) is 104 cm³/mol. The van der Waals surface area contributed by atoms with Gasteiger partial charge < -0.3 is 0 Å². The average molecular weight is 388 g/mol. The Morgan fingerprint density at radius 3 is 2.60 bits per heavy atom. The van der Waals surface area contributed by atoms with Crippen LogP contribution in [0, 0.1) is 5.92 Å². The van der Waals surface area contributed by atoms with Crippen molar-refractivity contribution in [2.75, 3.05) is 33.2 Å². The van der Waals surface area contributed by atoms with E-state index in [9.17, 15) is 8.42 Å². The Morgan fingerprint density at radius 1 is 1.28 bits per heavy atom. The minimum absolute atomic E-state index is 0.400. The maximum Gasteiger partial charge on any atom is 0.279 e. The SMILES string of the molecule is CCCCN(C)S(=O)(=O)NCC1CCN(Cc2ccccc2Cl)CC1. The molecular weight excluding hydrogens is 358 g/mol. The van der Waals surface area contributed by atoms with Gasteiger partial charge in [-0.25, -0.2) is 4.72 Å². The van der Waals surface area contributed by atoms with Crippen molar-refractivity contribution in [1.82, 2.24) is 13.9 Å². The largest absolute Gasteiger partial charge is 0.299 e. The third-order valence-corrected chi connectivity index (χ3v) is 6.75. The van der Waals surface area contributed by atoms with Crippen molar-refractivity contribution in [2.24, 2.45) is 5.92 Å². The highest BCUT2D eigenvalue weighted by molar-refractivity contribution is 7.87. The van der Waals surface area contributed by atoms with Gasteiger partial charge in [0.25, 0.3) is 10.2 Å². The van der Waals surface area contributed by atoms with Crippen LogP contribution in [0.5, 0.6) is 0 Å². The van der Waals surface area contributed by atoms with Crippen molar-refractivity contribution >= 4 is 21.8 Å². The molecule has 1 heterocycles. The Kier molecular flexibility index (Phi) is 8.16. The second-order valence-electron chi connectivity index (χ2n) is 6.84. The molecule has 5 nitrogen and oxygen atoms in total. The zero-order valence-electron chi connectivity index (χ0n) is 15.2. The number of rotatable bonds is 9. The molecule has 1 aliphatic heterocycles. The fraction of sp³-hybridized carbons (Fsp3) is 0.667. The Bertz CT molecular complexity index is 631. The normalized spacial score (nSPS) is 17.3. The lowest BCUT2D eigenvalue weighted by atomic mass is 9.97. The number of piperidine rings is 1. The summed E-state index contributed by atoms with van der Waals surface area (Å²) < 4.78 is 28.6. The molecule has 0 radical (unpaired) electrons. The second-order valence-corrected chi connectivity index (χ2v) is 9.11. The van der Waals surface area contributed by atoms with Crippen LogP contribution in [0.4, 0.5) is 0 Å². The van der Waals surface area contributed by atoms with Crippen LogP contribution in [-0.2, 0) is 16.8 Å². The molecule has 0 spiro atoms. The molecule has 1 saturated heterocycles. The van der Waals surface area contributed by atoms with Crippen LogP contribution >= 0.6 is 11.6 Å². The van der Waals surface area contributed by atoms with Crippen molar-refractivity contribution < 1.29 is 8.42 Å². The summed E-state index contributed by atoms with van der Waals surface area (Å²) >= 11 is 6.23. The van der Waals surface area contributed by atoms with Crippen LogP contribution in [0.25, 0.3) is 0 Å². The summed E-state index contributed by atoms with van der Waals surface area (Å²) in [5, 5.41) is 0.812. The Labute approximate surface area is 157 Å². The molecule has 0 aliphatic carbocycles. The van der Waals surface area contributed by atoms with E-state index in [0.717, 1.165) is 55.9 Å². The van der Waals surface area contributed by atoms with Crippen molar-refractivity contribution in [1.29, 1.82) is 0 Å². The van der Waals surface area contributed by atoms with Gasteiger partial charge in [0.15, 0.2) is 0 Å². The van der Waals surface area contributed by atoms with Gasteiger partial charge in [0.05, 0.1) is 0 Å². The first-order valence-electron chi connectivity index (χ1n) is 9.09. The molecule has 7 heteroatoms. The summed E-state index contributed by atoms with van der Waals surface area (Å²) in [6, 6.07) is 7.95. The van der Waals surface area contributed by atoms with E-state index in [0.29, 0.717) is 19.0 Å². The quantitative estimate of drug-likeness (QED) is 0.708. The van der Waals surface area contributed by atoms with Crippen LogP contribution in [0.15, 0.2) is 24.3 Å². The zero-order chi connectivity index (χ0) is 18.3. The third-order valence-electron chi connectivity index (χ3n) is 4.85. The van der Waals surface area contributed by atoms with Crippen LogP contribution in [0.2, 0.25) is 5.02 Å². The second kappa shape index (κ2) is 9.88. The molecule has 1 N–H and O–H groups in total. The van der Waals surface area contributed by atoms with Gasteiger partial charge in [-0.3, -0.25) is 4.90 Å². The highest BCUT2D eigenvalue weighted by Gasteiger charge is 2.23. The fourth-order valence-electron chi connectivity index (χ4n) is 3.05. The van der Waals surface area contributed by atoms with E-state index >= 15 is 0 Å². The van der Waals surface area contributed by atoms with E-state index in [1.165, 1.54) is 4.31 Å². The summed E-state index contributed by atoms with van der Waals surface area (Å²) in [6.45, 7) is 5.97. The lowest BCUT2D eigenvalue weighted by Gasteiger charge is -2.32. The van der Waals surface area contributed by atoms with Gasteiger partial charge in [-0.15, -0.1) is 0 Å². The number of halogens is 1. The van der Waals surface area contributed by atoms with Gasteiger partial charge in [-0.1, -0.05) is 43.1 Å². The molecule has 25 heavy (non-hydrogen) atoms. The monoisotopic (exact) mass is 387 g/mol. The number of nitrogens with zero attached hydrogens (tertiary/aromatic N) is 2. The first-order valence-corrected chi connectivity index (χ1v) is 10.9. The van der Waals surface area contributed by atoms with Gasteiger partial charge in [-0.2, -0.15) is 12.7 Å². The van der Waals surface area contributed by atoms with E-state index in [1.54, 1.807) is 7.05 Å². The number of likely N-dealkylation sites (tertiary alicyclic amines) is 1. The molecule has 142 valence electrons. The first-order chi connectivity index (χ1) is 11.9. The number of hydrogen-bond acceptors (Lipinski definition) is 3. The van der Waals surface area contributed by atoms with Crippen LogP contribution < -0.4 is 4.72 Å². The average Bonchev–Trinajstić information content (AvgIpc) is 2.61. The van der Waals surface area contributed by atoms with Gasteiger partial charge in [-0.05, 0) is 49.9 Å². The number of benzene rings is 1. The Morgan fingerprint density at radius 2 is 1.96 bits per heavy atom. The van der Waals surface area contributed by atoms with Crippen molar-refractivity contribution in [3.63, 3.8) is 0 Å². The summed E-state index contributed by atoms with van der Waals surface area (Å²) in [7, 11) is -1.70. The van der Waals surface area contributed by atoms with Crippen LogP contribution in [-0.4, -0.2) is 50.8 Å². The maximum absolute atomic E-state index is 12.2. The van der Waals surface area contributed by atoms with Crippen molar-refractivity contribution in [3.8, 4) is 0 Å². The first kappa shape index (κ1) is 20.6. The van der Waals surface area contributed by atoms with E-state index in [4.69, 9.17) is 11.6 Å². The molecule has 0 aromatic heterocycles. The highest BCUT2D eigenvalue weighted by Crippen LogP contribution is 2.22. The minimum atomic E-state index is -3.35. The van der Waals surface area contributed by atoms with E-state index in [2.05, 4.69) is 22.6 Å². The third kappa shape index (κ3) is 6.53. The van der Waals surface area contributed by atoms with Gasteiger partial charge in [0.2, 0.25) is 0 Å². The molecular formula is C18H30ClN3O2S. The standard InChI is InChI=1S/C18H30ClN3O2S/c1-3-4-11-21(2)25(23,24)20-14-16-9-12-22(13-10-16)15-17-7-5-6-8-18(17)19/h5-8,16,20H,3-4,9-15H2,1-2H3. The lowest BCUT2D eigenvalue weighted by molar-refractivity contribution is 0.178. The molecule has 0 saturated carbocycles. The smallest absolute Gasteiger partial charge is 0.279 e. The van der Waals surface area contributed by atoms with E-state index < -0.39 is 10.2 Å². The Balaban J connectivity index is 1.74. The summed E-state index contributed by atoms with van der Waals surface area (Å²) in [5.74, 6) is 0.400. The molecule has 1 fully saturated rings. The molecule has 1 aromatic carbocycles. The Hall–Kier alpha value is -0.660. The number of hydrogen-bond donors (Lipinski definition) is 1. The molecule has 0 bridgehead atoms. The molecule has 0 amide bonds. The van der Waals surface area contributed by atoms with Crippen LogP contribution in [0.1, 0.15) is 38.2 Å². The molecule has 1 aliphatic rings. The van der Waals surface area contributed by atoms with Gasteiger partial charge in [0.1, 0.15) is 0 Å². The lowest BCUT2D eigenvalue weighted by Crippen LogP contribution is -2.43. The van der Waals surface area contributed by atoms with E-state index in [1.807, 2.05) is 18.2 Å². The predicted octanol–water partition coefficient (Wildman–Crippen LogP) is 3.12. The summed E-state index contributed by atoms with van der Waals surface area (Å²) in [4.78, 5) is 2.39. The molecule has 1 aromatic rings.